The minimum Gasteiger partial charge on any atom is -0.369 e. The summed E-state index contributed by atoms with van der Waals surface area (Å²) in [5.41, 5.74) is 5.03. The van der Waals surface area contributed by atoms with E-state index in [0.717, 1.165) is 37.6 Å². The van der Waals surface area contributed by atoms with Crippen LogP contribution in [-0.4, -0.2) is 50.4 Å². The summed E-state index contributed by atoms with van der Waals surface area (Å²) in [6.45, 7) is 13.5. The van der Waals surface area contributed by atoms with Crippen molar-refractivity contribution >= 4 is 17.9 Å². The first-order valence-corrected chi connectivity index (χ1v) is 10.7. The zero-order valence-electron chi connectivity index (χ0n) is 17.7. The van der Waals surface area contributed by atoms with Gasteiger partial charge in [-0.1, -0.05) is 18.2 Å². The van der Waals surface area contributed by atoms with Crippen molar-refractivity contribution in [3.05, 3.63) is 71.3 Å². The Kier molecular flexibility index (Phi) is 6.11. The molecule has 1 aliphatic rings. The molecule has 3 aromatic rings. The number of allylic oxidation sites excluding steroid dienone is 1. The van der Waals surface area contributed by atoms with E-state index < -0.39 is 0 Å². The highest BCUT2D eigenvalue weighted by Gasteiger charge is 2.20. The number of benzene rings is 1. The van der Waals surface area contributed by atoms with E-state index in [0.29, 0.717) is 18.0 Å². The van der Waals surface area contributed by atoms with Crippen molar-refractivity contribution in [3.8, 4) is 11.4 Å². The summed E-state index contributed by atoms with van der Waals surface area (Å²) >= 11 is 5.74. The van der Waals surface area contributed by atoms with E-state index in [1.54, 1.807) is 6.20 Å². The normalized spacial score (nSPS) is 14.8. The predicted octanol–water partition coefficient (Wildman–Crippen LogP) is 4.06. The van der Waals surface area contributed by atoms with Crippen LogP contribution in [0.25, 0.3) is 11.4 Å². The van der Waals surface area contributed by atoms with Crippen LogP contribution in [-0.2, 0) is 13.2 Å². The molecule has 6 nitrogen and oxygen atoms in total. The lowest BCUT2D eigenvalue weighted by molar-refractivity contribution is 0.194. The summed E-state index contributed by atoms with van der Waals surface area (Å²) in [5, 5.41) is 4.83. The van der Waals surface area contributed by atoms with Crippen LogP contribution in [0.5, 0.6) is 0 Å². The van der Waals surface area contributed by atoms with E-state index >= 15 is 0 Å². The summed E-state index contributed by atoms with van der Waals surface area (Å²) in [4.78, 5) is 9.12. The summed E-state index contributed by atoms with van der Waals surface area (Å²) in [5.74, 6) is 0.835. The van der Waals surface area contributed by atoms with Gasteiger partial charge in [0.05, 0.1) is 6.67 Å². The minimum absolute atomic E-state index is 0.628. The third kappa shape index (κ3) is 4.08. The van der Waals surface area contributed by atoms with Crippen LogP contribution in [0.1, 0.15) is 11.1 Å². The molecule has 1 fully saturated rings. The second-order valence-electron chi connectivity index (χ2n) is 7.71. The average Bonchev–Trinajstić information content (AvgIpc) is 3.07. The predicted molar refractivity (Wildman–Crippen MR) is 124 cm³/mol. The number of rotatable bonds is 6. The van der Waals surface area contributed by atoms with Gasteiger partial charge in [0.2, 0.25) is 0 Å². The summed E-state index contributed by atoms with van der Waals surface area (Å²) in [7, 11) is 0. The summed E-state index contributed by atoms with van der Waals surface area (Å²) in [6.07, 6.45) is 5.44. The fourth-order valence-electron chi connectivity index (χ4n) is 3.93. The number of aryl methyl sites for hydroxylation is 1. The highest BCUT2D eigenvalue weighted by molar-refractivity contribution is 7.71. The Hall–Kier alpha value is -2.77. The van der Waals surface area contributed by atoms with Crippen molar-refractivity contribution in [1.29, 1.82) is 0 Å². The Balaban J connectivity index is 1.50. The molecule has 0 radical (unpaired) electrons. The minimum atomic E-state index is 0.628. The number of piperazine rings is 1. The molecule has 0 atom stereocenters. The highest BCUT2D eigenvalue weighted by Crippen LogP contribution is 2.24. The molecule has 0 unspecified atom stereocenters. The summed E-state index contributed by atoms with van der Waals surface area (Å²) < 4.78 is 4.66. The van der Waals surface area contributed by atoms with Crippen LogP contribution in [0.4, 0.5) is 5.69 Å². The van der Waals surface area contributed by atoms with Gasteiger partial charge in [-0.15, -0.1) is 6.58 Å². The van der Waals surface area contributed by atoms with E-state index in [1.807, 2.05) is 33.7 Å². The van der Waals surface area contributed by atoms with Crippen LogP contribution >= 0.6 is 12.2 Å². The quantitative estimate of drug-likeness (QED) is 0.444. The summed E-state index contributed by atoms with van der Waals surface area (Å²) in [6, 6.07) is 10.5. The standard InChI is InChI=1S/C23H28N6S/c1-4-11-28-22(20-8-6-10-24-16-20)25-29(23(28)30)17-26-12-14-27(15-13-26)21-9-5-7-18(2)19(21)3/h4-10,16H,1,11-15,17H2,2-3H3. The van der Waals surface area contributed by atoms with Gasteiger partial charge in [0.15, 0.2) is 10.6 Å². The molecule has 0 spiro atoms. The molecule has 30 heavy (non-hydrogen) atoms. The van der Waals surface area contributed by atoms with Gasteiger partial charge in [-0.2, -0.15) is 5.10 Å². The monoisotopic (exact) mass is 420 g/mol. The lowest BCUT2D eigenvalue weighted by Gasteiger charge is -2.36. The van der Waals surface area contributed by atoms with E-state index in [1.165, 1.54) is 16.8 Å². The lowest BCUT2D eigenvalue weighted by atomic mass is 10.1. The number of hydrogen-bond acceptors (Lipinski definition) is 5. The number of pyridine rings is 1. The second kappa shape index (κ2) is 8.93. The van der Waals surface area contributed by atoms with Crippen LogP contribution < -0.4 is 4.90 Å². The zero-order chi connectivity index (χ0) is 21.1. The van der Waals surface area contributed by atoms with Gasteiger partial charge in [-0.3, -0.25) is 14.5 Å². The average molecular weight is 421 g/mol. The number of aromatic nitrogens is 4. The Morgan fingerprint density at radius 2 is 1.90 bits per heavy atom. The molecule has 0 saturated carbocycles. The molecular formula is C23H28N6S. The van der Waals surface area contributed by atoms with E-state index in [4.69, 9.17) is 17.3 Å². The zero-order valence-corrected chi connectivity index (χ0v) is 18.5. The van der Waals surface area contributed by atoms with Gasteiger partial charge in [0.25, 0.3) is 0 Å². The second-order valence-corrected chi connectivity index (χ2v) is 8.08. The van der Waals surface area contributed by atoms with Crippen LogP contribution in [0, 0.1) is 18.6 Å². The molecule has 1 saturated heterocycles. The first-order chi connectivity index (χ1) is 14.6. The highest BCUT2D eigenvalue weighted by atomic mass is 32.1. The molecule has 0 N–H and O–H groups in total. The van der Waals surface area contributed by atoms with Gasteiger partial charge >= 0.3 is 0 Å². The lowest BCUT2D eigenvalue weighted by Crippen LogP contribution is -2.47. The fraction of sp³-hybridized carbons (Fsp3) is 0.348. The molecule has 0 bridgehead atoms. The molecule has 4 rings (SSSR count). The Morgan fingerprint density at radius 1 is 1.10 bits per heavy atom. The van der Waals surface area contributed by atoms with Crippen LogP contribution in [0.3, 0.4) is 0 Å². The van der Waals surface area contributed by atoms with Crippen molar-refractivity contribution in [2.75, 3.05) is 31.1 Å². The number of anilines is 1. The maximum Gasteiger partial charge on any atom is 0.199 e. The van der Waals surface area contributed by atoms with Gasteiger partial charge < -0.3 is 4.90 Å². The fourth-order valence-corrected chi connectivity index (χ4v) is 4.19. The van der Waals surface area contributed by atoms with Crippen LogP contribution in [0.15, 0.2) is 55.4 Å². The van der Waals surface area contributed by atoms with Gasteiger partial charge in [0.1, 0.15) is 0 Å². The molecule has 0 amide bonds. The smallest absolute Gasteiger partial charge is 0.199 e. The first-order valence-electron chi connectivity index (χ1n) is 10.3. The molecule has 1 aliphatic heterocycles. The van der Waals surface area contributed by atoms with E-state index in [9.17, 15) is 0 Å². The molecule has 3 heterocycles. The maximum atomic E-state index is 5.74. The van der Waals surface area contributed by atoms with Gasteiger partial charge in [0, 0.05) is 56.4 Å². The molecule has 156 valence electrons. The third-order valence-corrected chi connectivity index (χ3v) is 6.21. The van der Waals surface area contributed by atoms with E-state index in [-0.39, 0.29) is 0 Å². The van der Waals surface area contributed by atoms with Crippen molar-refractivity contribution in [1.82, 2.24) is 24.2 Å². The largest absolute Gasteiger partial charge is 0.369 e. The topological polar surface area (TPSA) is 42.1 Å². The Bertz CT molecular complexity index is 1080. The van der Waals surface area contributed by atoms with Crippen molar-refractivity contribution in [3.63, 3.8) is 0 Å². The Morgan fingerprint density at radius 3 is 2.60 bits per heavy atom. The number of hydrogen-bond donors (Lipinski definition) is 0. The molecule has 0 aliphatic carbocycles. The molecule has 2 aromatic heterocycles. The van der Waals surface area contributed by atoms with E-state index in [2.05, 4.69) is 53.4 Å². The van der Waals surface area contributed by atoms with Crippen LogP contribution in [0.2, 0.25) is 0 Å². The molecule has 7 heteroatoms. The van der Waals surface area contributed by atoms with Gasteiger partial charge in [-0.05, 0) is 55.4 Å². The van der Waals surface area contributed by atoms with Gasteiger partial charge in [-0.25, -0.2) is 4.68 Å². The number of nitrogens with zero attached hydrogens (tertiary/aromatic N) is 6. The SMILES string of the molecule is C=CCn1c(-c2cccnc2)nn(CN2CCN(c3cccc(C)c3C)CC2)c1=S. The van der Waals surface area contributed by atoms with Crippen molar-refractivity contribution in [2.45, 2.75) is 27.1 Å². The maximum absolute atomic E-state index is 5.74. The Labute approximate surface area is 183 Å². The van der Waals surface area contributed by atoms with Crippen molar-refractivity contribution in [2.24, 2.45) is 0 Å². The van der Waals surface area contributed by atoms with Crippen molar-refractivity contribution < 1.29 is 0 Å². The molecular weight excluding hydrogens is 392 g/mol. The molecule has 1 aromatic carbocycles. The third-order valence-electron chi connectivity index (χ3n) is 5.78. The first kappa shape index (κ1) is 20.5.